The molecule has 0 aromatic rings. The van der Waals surface area contributed by atoms with E-state index in [0.29, 0.717) is 25.7 Å². The smallest absolute Gasteiger partial charge is 0.462 e. The summed E-state index contributed by atoms with van der Waals surface area (Å²) in [5, 5.41) is 10.5. The third kappa shape index (κ3) is 60.9. The Balaban J connectivity index is 5.19. The van der Waals surface area contributed by atoms with Crippen LogP contribution >= 0.6 is 15.6 Å². The van der Waals surface area contributed by atoms with Crippen LogP contribution in [-0.4, -0.2) is 96.7 Å². The Labute approximate surface area is 524 Å². The average Bonchev–Trinajstić information content (AvgIpc) is 3.69. The van der Waals surface area contributed by atoms with Crippen LogP contribution < -0.4 is 0 Å². The van der Waals surface area contributed by atoms with E-state index in [1.807, 2.05) is 0 Å². The third-order valence-electron chi connectivity index (χ3n) is 15.5. The molecule has 86 heavy (non-hydrogen) atoms. The Morgan fingerprint density at radius 2 is 0.535 bits per heavy atom. The molecule has 0 saturated carbocycles. The summed E-state index contributed by atoms with van der Waals surface area (Å²) in [5.41, 5.74) is 0. The first kappa shape index (κ1) is 84.1. The molecule has 0 rings (SSSR count). The fourth-order valence-corrected chi connectivity index (χ4v) is 11.6. The highest BCUT2D eigenvalue weighted by Gasteiger charge is 2.30. The molecular weight excluding hydrogens is 1140 g/mol. The Morgan fingerprint density at radius 1 is 0.314 bits per heavy atom. The molecule has 5 atom stereocenters. The minimum Gasteiger partial charge on any atom is -0.462 e. The van der Waals surface area contributed by atoms with Gasteiger partial charge in [0.25, 0.3) is 0 Å². The molecule has 0 bridgehead atoms. The Hall–Kier alpha value is -1.94. The first-order valence-corrected chi connectivity index (χ1v) is 38.0. The lowest BCUT2D eigenvalue weighted by molar-refractivity contribution is -0.161. The molecule has 0 aliphatic heterocycles. The molecule has 510 valence electrons. The van der Waals surface area contributed by atoms with Crippen molar-refractivity contribution in [3.05, 3.63) is 0 Å². The van der Waals surface area contributed by atoms with Gasteiger partial charge in [0.1, 0.15) is 19.3 Å². The van der Waals surface area contributed by atoms with Crippen LogP contribution in [0.25, 0.3) is 0 Å². The summed E-state index contributed by atoms with van der Waals surface area (Å²) in [5.74, 6) is -0.580. The lowest BCUT2D eigenvalue weighted by Crippen LogP contribution is -2.30. The van der Waals surface area contributed by atoms with Crippen LogP contribution in [0.15, 0.2) is 0 Å². The number of unbranched alkanes of at least 4 members (excludes halogenated alkanes) is 36. The van der Waals surface area contributed by atoms with Gasteiger partial charge in [-0.25, -0.2) is 9.13 Å². The van der Waals surface area contributed by atoms with Gasteiger partial charge in [0.05, 0.1) is 26.4 Å². The summed E-state index contributed by atoms with van der Waals surface area (Å²) in [6.45, 7) is 9.48. The SMILES string of the molecule is CCCCCCCCCCCC(=O)O[C@H](COC(=O)CCCCCCCCC)COP(=O)(O)OC[C@H](O)COP(=O)(O)OC[C@@H](COC(=O)CCCCCCCCCCCCC(C)C)OC(=O)CCCCCCCCCCCCCCCCC(C)C. The normalized spacial score (nSPS) is 14.2. The van der Waals surface area contributed by atoms with E-state index >= 15 is 0 Å². The standard InChI is InChI=1S/C67H130O17P2/c1-7-9-11-13-15-24-33-39-45-51-66(71)83-62(55-77-64(69)49-43-37-29-14-12-10-8-2)57-81-85(73,74)79-53-61(68)54-80-86(75,76)82-58-63(56-78-65(70)50-44-38-32-27-23-22-26-31-36-42-48-60(5)6)84-67(72)52-46-40-34-28-21-19-17-16-18-20-25-30-35-41-47-59(3)4/h59-63,68H,7-58H2,1-6H3,(H,73,74)(H,75,76)/t61-,62+,63+/m0/s1. The van der Waals surface area contributed by atoms with E-state index in [9.17, 15) is 43.2 Å². The van der Waals surface area contributed by atoms with Crippen molar-refractivity contribution < 1.29 is 80.2 Å². The number of hydrogen-bond donors (Lipinski definition) is 3. The van der Waals surface area contributed by atoms with Crippen LogP contribution in [0.3, 0.4) is 0 Å². The average molecular weight is 1270 g/mol. The number of esters is 4. The van der Waals surface area contributed by atoms with Gasteiger partial charge >= 0.3 is 39.5 Å². The molecular formula is C67H130O17P2. The summed E-state index contributed by atoms with van der Waals surface area (Å²) >= 11 is 0. The molecule has 19 heteroatoms. The van der Waals surface area contributed by atoms with E-state index in [2.05, 4.69) is 41.5 Å². The maximum Gasteiger partial charge on any atom is 0.472 e. The van der Waals surface area contributed by atoms with Crippen molar-refractivity contribution in [1.29, 1.82) is 0 Å². The highest BCUT2D eigenvalue weighted by Crippen LogP contribution is 2.45. The summed E-state index contributed by atoms with van der Waals surface area (Å²) in [6, 6.07) is 0. The van der Waals surface area contributed by atoms with E-state index < -0.39 is 97.5 Å². The molecule has 0 aliphatic rings. The van der Waals surface area contributed by atoms with Gasteiger partial charge < -0.3 is 33.8 Å². The highest BCUT2D eigenvalue weighted by molar-refractivity contribution is 7.47. The summed E-state index contributed by atoms with van der Waals surface area (Å²) in [7, 11) is -9.89. The second-order valence-electron chi connectivity index (χ2n) is 25.2. The minimum absolute atomic E-state index is 0.105. The molecule has 0 aromatic heterocycles. The maximum absolute atomic E-state index is 13.0. The maximum atomic E-state index is 13.0. The van der Waals surface area contributed by atoms with E-state index in [-0.39, 0.29) is 25.7 Å². The monoisotopic (exact) mass is 1270 g/mol. The molecule has 0 saturated heterocycles. The van der Waals surface area contributed by atoms with Crippen molar-refractivity contribution in [2.75, 3.05) is 39.6 Å². The number of carbonyl (C=O) groups excluding carboxylic acids is 4. The van der Waals surface area contributed by atoms with Crippen LogP contribution in [0.4, 0.5) is 0 Å². The number of hydrogen-bond acceptors (Lipinski definition) is 15. The number of carbonyl (C=O) groups is 4. The Morgan fingerprint density at radius 3 is 0.791 bits per heavy atom. The predicted molar refractivity (Wildman–Crippen MR) is 345 cm³/mol. The van der Waals surface area contributed by atoms with Crippen molar-refractivity contribution in [1.82, 2.24) is 0 Å². The van der Waals surface area contributed by atoms with Gasteiger partial charge in [-0.2, -0.15) is 0 Å². The van der Waals surface area contributed by atoms with Crippen LogP contribution in [0.2, 0.25) is 0 Å². The summed E-state index contributed by atoms with van der Waals surface area (Å²) < 4.78 is 68.0. The molecule has 3 N–H and O–H groups in total. The van der Waals surface area contributed by atoms with E-state index in [4.69, 9.17) is 37.0 Å². The molecule has 0 fully saturated rings. The summed E-state index contributed by atoms with van der Waals surface area (Å²) in [6.07, 6.45) is 43.2. The topological polar surface area (TPSA) is 237 Å². The van der Waals surface area contributed by atoms with Crippen LogP contribution in [-0.2, 0) is 65.4 Å². The van der Waals surface area contributed by atoms with Gasteiger partial charge in [-0.3, -0.25) is 37.3 Å². The molecule has 17 nitrogen and oxygen atoms in total. The van der Waals surface area contributed by atoms with Gasteiger partial charge in [-0.05, 0) is 37.5 Å². The fourth-order valence-electron chi connectivity index (χ4n) is 10.1. The Bertz CT molecular complexity index is 1680. The van der Waals surface area contributed by atoms with Crippen LogP contribution in [0.5, 0.6) is 0 Å². The first-order valence-electron chi connectivity index (χ1n) is 35.0. The molecule has 0 aliphatic carbocycles. The number of ether oxygens (including phenoxy) is 4. The van der Waals surface area contributed by atoms with Crippen molar-refractivity contribution in [3.63, 3.8) is 0 Å². The third-order valence-corrected chi connectivity index (χ3v) is 17.4. The fraction of sp³-hybridized carbons (Fsp3) is 0.940. The number of phosphoric acid groups is 2. The number of aliphatic hydroxyl groups is 1. The zero-order valence-corrected chi connectivity index (χ0v) is 57.4. The zero-order valence-electron chi connectivity index (χ0n) is 55.6. The van der Waals surface area contributed by atoms with Gasteiger partial charge in [0.15, 0.2) is 12.2 Å². The van der Waals surface area contributed by atoms with Crippen molar-refractivity contribution in [2.24, 2.45) is 11.8 Å². The van der Waals surface area contributed by atoms with Crippen molar-refractivity contribution in [2.45, 2.75) is 355 Å². The zero-order chi connectivity index (χ0) is 63.6. The Kier molecular flexibility index (Phi) is 58.0. The van der Waals surface area contributed by atoms with Crippen molar-refractivity contribution in [3.8, 4) is 0 Å². The van der Waals surface area contributed by atoms with Crippen molar-refractivity contribution >= 4 is 39.5 Å². The van der Waals surface area contributed by atoms with E-state index in [0.717, 1.165) is 115 Å². The van der Waals surface area contributed by atoms with Crippen LogP contribution in [0.1, 0.15) is 337 Å². The molecule has 0 heterocycles. The molecule has 0 radical (unpaired) electrons. The number of phosphoric ester groups is 2. The summed E-state index contributed by atoms with van der Waals surface area (Å²) in [4.78, 5) is 72.2. The quantitative estimate of drug-likeness (QED) is 0.0222. The van der Waals surface area contributed by atoms with Gasteiger partial charge in [-0.1, -0.05) is 286 Å². The predicted octanol–water partition coefficient (Wildman–Crippen LogP) is 18.8. The van der Waals surface area contributed by atoms with Crippen LogP contribution in [0, 0.1) is 11.8 Å². The van der Waals surface area contributed by atoms with E-state index in [1.165, 1.54) is 141 Å². The number of aliphatic hydroxyl groups excluding tert-OH is 1. The van der Waals surface area contributed by atoms with E-state index in [1.54, 1.807) is 0 Å². The minimum atomic E-state index is -4.95. The second kappa shape index (κ2) is 59.4. The first-order chi connectivity index (χ1) is 41.4. The molecule has 0 spiro atoms. The van der Waals surface area contributed by atoms with Gasteiger partial charge in [0, 0.05) is 25.7 Å². The number of rotatable bonds is 66. The van der Waals surface area contributed by atoms with Gasteiger partial charge in [-0.15, -0.1) is 0 Å². The lowest BCUT2D eigenvalue weighted by atomic mass is 10.0. The molecule has 0 aromatic carbocycles. The van der Waals surface area contributed by atoms with Gasteiger partial charge in [0.2, 0.25) is 0 Å². The lowest BCUT2D eigenvalue weighted by Gasteiger charge is -2.21. The molecule has 2 unspecified atom stereocenters. The second-order valence-corrected chi connectivity index (χ2v) is 28.1. The highest BCUT2D eigenvalue weighted by atomic mass is 31.2. The largest absolute Gasteiger partial charge is 0.472 e. The molecule has 0 amide bonds.